The summed E-state index contributed by atoms with van der Waals surface area (Å²) >= 11 is 2.71. The second kappa shape index (κ2) is 10.4. The maximum absolute atomic E-state index is 13.4. The van der Waals surface area contributed by atoms with Crippen LogP contribution in [0.4, 0.5) is 4.79 Å². The number of alkyl carbamates (subject to hydrolysis) is 1. The van der Waals surface area contributed by atoms with Crippen molar-refractivity contribution >= 4 is 40.6 Å². The molecule has 3 aromatic heterocycles. The molecule has 3 aromatic rings. The smallest absolute Gasteiger partial charge is 0.407 e. The van der Waals surface area contributed by atoms with Gasteiger partial charge in [-0.25, -0.2) is 14.8 Å². The Balaban J connectivity index is 1.41. The van der Waals surface area contributed by atoms with E-state index in [9.17, 15) is 19.2 Å². The van der Waals surface area contributed by atoms with Gasteiger partial charge >= 0.3 is 6.09 Å². The molecule has 11 nitrogen and oxygen atoms in total. The number of rotatable bonds is 8. The van der Waals surface area contributed by atoms with Gasteiger partial charge in [0.2, 0.25) is 0 Å². The van der Waals surface area contributed by atoms with Crippen molar-refractivity contribution in [2.75, 3.05) is 7.05 Å². The molecule has 2 aliphatic rings. The number of nitrogens with zero attached hydrogens (tertiary/aromatic N) is 3. The predicted molar refractivity (Wildman–Crippen MR) is 152 cm³/mol. The molecule has 0 saturated heterocycles. The number of ether oxygens (including phenoxy) is 1. The summed E-state index contributed by atoms with van der Waals surface area (Å²) in [5.41, 5.74) is 1.66. The minimum atomic E-state index is -0.615. The van der Waals surface area contributed by atoms with Crippen LogP contribution in [0, 0.1) is 0 Å². The van der Waals surface area contributed by atoms with Crippen LogP contribution in [0.1, 0.15) is 84.1 Å². The first-order valence-electron chi connectivity index (χ1n) is 13.1. The molecule has 0 unspecified atom stereocenters. The largest absolute Gasteiger partial charge is 0.444 e. The SMILES string of the molecule is CNC(=O)c1csc(-c2csc(Cn3c(CC[C@H](C)NC(=O)OC(C)(C)C)c4c(cc3=O)C3(CC3)NC4=O)n2)n1. The number of fused-ring (bicyclic) bond motifs is 2. The summed E-state index contributed by atoms with van der Waals surface area (Å²) in [5, 5.41) is 13.3. The van der Waals surface area contributed by atoms with Crippen molar-refractivity contribution in [3.8, 4) is 10.7 Å². The highest BCUT2D eigenvalue weighted by Gasteiger charge is 2.53. The summed E-state index contributed by atoms with van der Waals surface area (Å²) in [4.78, 5) is 59.8. The molecule has 0 radical (unpaired) electrons. The van der Waals surface area contributed by atoms with E-state index in [2.05, 4.69) is 25.9 Å². The van der Waals surface area contributed by atoms with Crippen LogP contribution < -0.4 is 21.5 Å². The van der Waals surface area contributed by atoms with E-state index in [1.165, 1.54) is 22.7 Å². The zero-order chi connectivity index (χ0) is 28.8. The van der Waals surface area contributed by atoms with Gasteiger partial charge in [0.15, 0.2) is 0 Å². The Kier molecular flexibility index (Phi) is 7.29. The lowest BCUT2D eigenvalue weighted by atomic mass is 9.98. The van der Waals surface area contributed by atoms with E-state index in [0.29, 0.717) is 45.5 Å². The molecule has 1 saturated carbocycles. The van der Waals surface area contributed by atoms with Crippen LogP contribution in [0.15, 0.2) is 21.6 Å². The quantitative estimate of drug-likeness (QED) is 0.368. The maximum atomic E-state index is 13.4. The molecule has 4 heterocycles. The van der Waals surface area contributed by atoms with E-state index >= 15 is 0 Å². The van der Waals surface area contributed by atoms with Crippen molar-refractivity contribution in [3.05, 3.63) is 54.7 Å². The molecular formula is C27H32N6O5S2. The number of hydrogen-bond donors (Lipinski definition) is 3. The highest BCUT2D eigenvalue weighted by atomic mass is 32.1. The summed E-state index contributed by atoms with van der Waals surface area (Å²) in [6.07, 6.45) is 2.02. The summed E-state index contributed by atoms with van der Waals surface area (Å²) in [7, 11) is 1.55. The van der Waals surface area contributed by atoms with Crippen LogP contribution in [0.5, 0.6) is 0 Å². The van der Waals surface area contributed by atoms with Gasteiger partial charge in [0.05, 0.1) is 17.6 Å². The molecule has 3 amide bonds. The van der Waals surface area contributed by atoms with Gasteiger partial charge in [0, 0.05) is 35.6 Å². The van der Waals surface area contributed by atoms with Gasteiger partial charge in [0.1, 0.15) is 27.0 Å². The van der Waals surface area contributed by atoms with Crippen molar-refractivity contribution in [1.82, 2.24) is 30.5 Å². The van der Waals surface area contributed by atoms with Crippen molar-refractivity contribution in [1.29, 1.82) is 0 Å². The standard InChI is InChI=1S/C27H32N6O5S2/c1-14(29-25(37)38-26(2,3)4)6-7-18-21-15(27(8-9-27)32-23(21)36)10-20(34)33(18)11-19-30-17(13-39-19)24-31-16(12-40-24)22(35)28-5/h10,12-14H,6-9,11H2,1-5H3,(H,28,35)(H,29,37)(H,32,36)/t14-/m0/s1. The Bertz CT molecular complexity index is 1550. The summed E-state index contributed by atoms with van der Waals surface area (Å²) in [5.74, 6) is -0.442. The molecule has 212 valence electrons. The molecule has 1 atom stereocenters. The van der Waals surface area contributed by atoms with Gasteiger partial charge in [-0.05, 0) is 58.9 Å². The lowest BCUT2D eigenvalue weighted by molar-refractivity contribution is 0.0505. The van der Waals surface area contributed by atoms with Crippen LogP contribution >= 0.6 is 22.7 Å². The monoisotopic (exact) mass is 584 g/mol. The molecule has 1 spiro atoms. The summed E-state index contributed by atoms with van der Waals surface area (Å²) < 4.78 is 6.98. The summed E-state index contributed by atoms with van der Waals surface area (Å²) in [6.45, 7) is 7.46. The first-order valence-corrected chi connectivity index (χ1v) is 14.9. The Morgan fingerprint density at radius 2 is 1.95 bits per heavy atom. The minimum Gasteiger partial charge on any atom is -0.444 e. The topological polar surface area (TPSA) is 144 Å². The Labute approximate surface area is 239 Å². The molecular weight excluding hydrogens is 552 g/mol. The van der Waals surface area contributed by atoms with Crippen LogP contribution in [0.2, 0.25) is 0 Å². The van der Waals surface area contributed by atoms with E-state index in [-0.39, 0.29) is 30.0 Å². The van der Waals surface area contributed by atoms with Crippen molar-refractivity contribution in [3.63, 3.8) is 0 Å². The van der Waals surface area contributed by atoms with Crippen LogP contribution in [-0.2, 0) is 23.2 Å². The lowest BCUT2D eigenvalue weighted by Gasteiger charge is -2.22. The van der Waals surface area contributed by atoms with E-state index in [4.69, 9.17) is 4.74 Å². The molecule has 1 aliphatic carbocycles. The van der Waals surface area contributed by atoms with Crippen molar-refractivity contribution in [2.45, 2.75) is 77.1 Å². The molecule has 40 heavy (non-hydrogen) atoms. The highest BCUT2D eigenvalue weighted by molar-refractivity contribution is 7.14. The molecule has 1 aliphatic heterocycles. The summed E-state index contributed by atoms with van der Waals surface area (Å²) in [6, 6.07) is 1.33. The number of nitrogens with one attached hydrogen (secondary N) is 3. The highest BCUT2D eigenvalue weighted by Crippen LogP contribution is 2.50. The number of carbonyl (C=O) groups excluding carboxylic acids is 3. The van der Waals surface area contributed by atoms with Gasteiger partial charge in [-0.1, -0.05) is 0 Å². The molecule has 3 N–H and O–H groups in total. The van der Waals surface area contributed by atoms with Gasteiger partial charge in [0.25, 0.3) is 17.4 Å². The minimum absolute atomic E-state index is 0.173. The molecule has 5 rings (SSSR count). The second-order valence-corrected chi connectivity index (χ2v) is 13.0. The number of hydrogen-bond acceptors (Lipinski definition) is 9. The van der Waals surface area contributed by atoms with Crippen LogP contribution in [0.3, 0.4) is 0 Å². The lowest BCUT2D eigenvalue weighted by Crippen LogP contribution is -2.38. The van der Waals surface area contributed by atoms with E-state index in [0.717, 1.165) is 18.4 Å². The fourth-order valence-corrected chi connectivity index (χ4v) is 6.40. The van der Waals surface area contributed by atoms with Gasteiger partial charge in [-0.2, -0.15) is 0 Å². The van der Waals surface area contributed by atoms with E-state index < -0.39 is 17.2 Å². The normalized spacial score (nSPS) is 15.9. The third kappa shape index (κ3) is 5.66. The molecule has 0 bridgehead atoms. The number of carbonyl (C=O) groups is 3. The average molecular weight is 585 g/mol. The van der Waals surface area contributed by atoms with Gasteiger partial charge in [-0.3, -0.25) is 14.4 Å². The van der Waals surface area contributed by atoms with Crippen LogP contribution in [-0.4, -0.2) is 51.1 Å². The number of amides is 3. The molecule has 1 fully saturated rings. The predicted octanol–water partition coefficient (Wildman–Crippen LogP) is 3.41. The van der Waals surface area contributed by atoms with Crippen molar-refractivity contribution in [2.24, 2.45) is 0 Å². The second-order valence-electron chi connectivity index (χ2n) is 11.2. The molecule has 0 aromatic carbocycles. The maximum Gasteiger partial charge on any atom is 0.407 e. The van der Waals surface area contributed by atoms with Gasteiger partial charge in [-0.15, -0.1) is 22.7 Å². The van der Waals surface area contributed by atoms with Gasteiger partial charge < -0.3 is 25.3 Å². The average Bonchev–Trinajstić information content (AvgIpc) is 3.19. The number of pyridine rings is 1. The third-order valence-electron chi connectivity index (χ3n) is 6.87. The Morgan fingerprint density at radius 1 is 1.20 bits per heavy atom. The Hall–Kier alpha value is -3.58. The first kappa shape index (κ1) is 28.0. The van der Waals surface area contributed by atoms with E-state index in [1.54, 1.807) is 43.8 Å². The third-order valence-corrected chi connectivity index (χ3v) is 8.57. The fourth-order valence-electron chi connectivity index (χ4n) is 4.80. The van der Waals surface area contributed by atoms with E-state index in [1.807, 2.05) is 12.3 Å². The Morgan fingerprint density at radius 3 is 2.62 bits per heavy atom. The number of aromatic nitrogens is 3. The fraction of sp³-hybridized carbons (Fsp3) is 0.481. The van der Waals surface area contributed by atoms with Crippen molar-refractivity contribution < 1.29 is 19.1 Å². The van der Waals surface area contributed by atoms with Crippen LogP contribution in [0.25, 0.3) is 10.7 Å². The zero-order valence-electron chi connectivity index (χ0n) is 23.0. The molecule has 13 heteroatoms. The number of thiazole rings is 2. The zero-order valence-corrected chi connectivity index (χ0v) is 24.7. The first-order chi connectivity index (χ1) is 18.9.